The van der Waals surface area contributed by atoms with Gasteiger partial charge in [-0.3, -0.25) is 9.78 Å². The lowest BCUT2D eigenvalue weighted by atomic mass is 10.0. The first-order chi connectivity index (χ1) is 12.0. The van der Waals surface area contributed by atoms with Gasteiger partial charge in [-0.1, -0.05) is 0 Å². The quantitative estimate of drug-likeness (QED) is 0.659. The standard InChI is InChI=1S/C18H18N4O3/c1-4-25-18(24)15-10(2)14(20-11(15)3)8-13-16(21-22-17(13)23)12-6-5-7-19-9-12/h5-9,20H,4H2,1-3H3,(H,22,23). The Hall–Kier alpha value is -3.22. The van der Waals surface area contributed by atoms with Crippen molar-refractivity contribution >= 4 is 23.7 Å². The number of aryl methyl sites for hydroxylation is 1. The van der Waals surface area contributed by atoms with Crippen molar-refractivity contribution in [1.82, 2.24) is 15.4 Å². The molecule has 2 aromatic heterocycles. The zero-order chi connectivity index (χ0) is 18.0. The Morgan fingerprint density at radius 3 is 2.84 bits per heavy atom. The van der Waals surface area contributed by atoms with Gasteiger partial charge in [0.2, 0.25) is 0 Å². The largest absolute Gasteiger partial charge is 0.462 e. The topological polar surface area (TPSA) is 96.4 Å². The zero-order valence-corrected chi connectivity index (χ0v) is 14.2. The number of nitrogens with zero attached hydrogens (tertiary/aromatic N) is 2. The molecule has 0 saturated heterocycles. The molecular weight excluding hydrogens is 320 g/mol. The maximum absolute atomic E-state index is 12.2. The lowest BCUT2D eigenvalue weighted by Crippen LogP contribution is -2.13. The van der Waals surface area contributed by atoms with Crippen molar-refractivity contribution < 1.29 is 14.3 Å². The molecule has 3 heterocycles. The first-order valence-corrected chi connectivity index (χ1v) is 7.89. The van der Waals surface area contributed by atoms with E-state index >= 15 is 0 Å². The number of esters is 1. The highest BCUT2D eigenvalue weighted by Crippen LogP contribution is 2.23. The van der Waals surface area contributed by atoms with Gasteiger partial charge < -0.3 is 9.72 Å². The fourth-order valence-electron chi connectivity index (χ4n) is 2.76. The summed E-state index contributed by atoms with van der Waals surface area (Å²) in [4.78, 5) is 31.5. The molecule has 2 N–H and O–H groups in total. The van der Waals surface area contributed by atoms with Crippen LogP contribution < -0.4 is 5.43 Å². The number of aromatic amines is 1. The van der Waals surface area contributed by atoms with E-state index in [-0.39, 0.29) is 11.9 Å². The summed E-state index contributed by atoms with van der Waals surface area (Å²) in [6.45, 7) is 5.68. The Morgan fingerprint density at radius 2 is 2.16 bits per heavy atom. The second-order valence-corrected chi connectivity index (χ2v) is 5.59. The van der Waals surface area contributed by atoms with Crippen LogP contribution in [0.15, 0.2) is 35.2 Å². The Kier molecular flexibility index (Phi) is 4.47. The third-order valence-corrected chi connectivity index (χ3v) is 3.95. The smallest absolute Gasteiger partial charge is 0.340 e. The number of aromatic nitrogens is 2. The van der Waals surface area contributed by atoms with Crippen LogP contribution in [-0.2, 0) is 9.53 Å². The molecule has 0 saturated carbocycles. The van der Waals surface area contributed by atoms with Crippen LogP contribution in [0.5, 0.6) is 0 Å². The number of pyridine rings is 1. The number of hydrogen-bond acceptors (Lipinski definition) is 5. The van der Waals surface area contributed by atoms with Crippen molar-refractivity contribution in [2.75, 3.05) is 6.61 Å². The van der Waals surface area contributed by atoms with Crippen molar-refractivity contribution in [3.63, 3.8) is 0 Å². The van der Waals surface area contributed by atoms with Crippen molar-refractivity contribution in [1.29, 1.82) is 0 Å². The molecule has 0 aromatic carbocycles. The van der Waals surface area contributed by atoms with Crippen LogP contribution in [-0.4, -0.2) is 34.2 Å². The maximum atomic E-state index is 12.2. The van der Waals surface area contributed by atoms with Crippen molar-refractivity contribution in [2.24, 2.45) is 5.10 Å². The number of ether oxygens (including phenoxy) is 1. The molecule has 1 amide bonds. The third-order valence-electron chi connectivity index (χ3n) is 3.95. The van der Waals surface area contributed by atoms with E-state index in [0.29, 0.717) is 34.8 Å². The molecule has 7 nitrogen and oxygen atoms in total. The Bertz CT molecular complexity index is 895. The van der Waals surface area contributed by atoms with Gasteiger partial charge in [0.15, 0.2) is 0 Å². The number of nitrogens with one attached hydrogen (secondary N) is 2. The van der Waals surface area contributed by atoms with Crippen LogP contribution in [0.3, 0.4) is 0 Å². The lowest BCUT2D eigenvalue weighted by molar-refractivity contribution is -0.116. The zero-order valence-electron chi connectivity index (χ0n) is 14.2. The van der Waals surface area contributed by atoms with Crippen molar-refractivity contribution in [3.05, 3.63) is 58.2 Å². The minimum Gasteiger partial charge on any atom is -0.462 e. The van der Waals surface area contributed by atoms with Crippen LogP contribution in [0.25, 0.3) is 6.08 Å². The van der Waals surface area contributed by atoms with E-state index in [0.717, 1.165) is 11.1 Å². The second-order valence-electron chi connectivity index (χ2n) is 5.59. The van der Waals surface area contributed by atoms with Gasteiger partial charge in [-0.05, 0) is 44.5 Å². The SMILES string of the molecule is CCOC(=O)c1c(C)[nH]c(C=C2C(=O)NN=C2c2cccnc2)c1C. The molecule has 0 spiro atoms. The van der Waals surface area contributed by atoms with E-state index in [2.05, 4.69) is 20.5 Å². The molecule has 0 aliphatic carbocycles. The van der Waals surface area contributed by atoms with Crippen molar-refractivity contribution in [2.45, 2.75) is 20.8 Å². The van der Waals surface area contributed by atoms with Gasteiger partial charge in [-0.2, -0.15) is 5.10 Å². The Labute approximate surface area is 144 Å². The number of carbonyl (C=O) groups is 2. The van der Waals surface area contributed by atoms with E-state index < -0.39 is 0 Å². The fraction of sp³-hybridized carbons (Fsp3) is 0.222. The van der Waals surface area contributed by atoms with Crippen LogP contribution in [0.4, 0.5) is 0 Å². The molecule has 25 heavy (non-hydrogen) atoms. The van der Waals surface area contributed by atoms with E-state index in [4.69, 9.17) is 4.74 Å². The fourth-order valence-corrected chi connectivity index (χ4v) is 2.76. The molecule has 0 bridgehead atoms. The summed E-state index contributed by atoms with van der Waals surface area (Å²) < 4.78 is 5.09. The van der Waals surface area contributed by atoms with Gasteiger partial charge >= 0.3 is 5.97 Å². The molecule has 0 fully saturated rings. The van der Waals surface area contributed by atoms with Gasteiger partial charge in [-0.25, -0.2) is 10.2 Å². The minimum atomic E-state index is -0.379. The Morgan fingerprint density at radius 1 is 1.36 bits per heavy atom. The maximum Gasteiger partial charge on any atom is 0.340 e. The van der Waals surface area contributed by atoms with E-state index in [1.807, 2.05) is 13.0 Å². The van der Waals surface area contributed by atoms with Crippen LogP contribution in [0, 0.1) is 13.8 Å². The van der Waals surface area contributed by atoms with E-state index in [9.17, 15) is 9.59 Å². The number of rotatable bonds is 4. The summed E-state index contributed by atoms with van der Waals surface area (Å²) in [7, 11) is 0. The van der Waals surface area contributed by atoms with Crippen LogP contribution in [0.2, 0.25) is 0 Å². The number of amides is 1. The monoisotopic (exact) mass is 338 g/mol. The summed E-state index contributed by atoms with van der Waals surface area (Å²) >= 11 is 0. The first-order valence-electron chi connectivity index (χ1n) is 7.89. The highest BCUT2D eigenvalue weighted by molar-refractivity contribution is 6.33. The molecule has 0 atom stereocenters. The first kappa shape index (κ1) is 16.6. The van der Waals surface area contributed by atoms with Crippen molar-refractivity contribution in [3.8, 4) is 0 Å². The van der Waals surface area contributed by atoms with Gasteiger partial charge in [0, 0.05) is 29.3 Å². The summed E-state index contributed by atoms with van der Waals surface area (Å²) in [5.41, 5.74) is 6.72. The molecule has 2 aromatic rings. The summed E-state index contributed by atoms with van der Waals surface area (Å²) in [6, 6.07) is 3.61. The summed E-state index contributed by atoms with van der Waals surface area (Å²) in [5, 5.41) is 4.09. The minimum absolute atomic E-state index is 0.303. The van der Waals surface area contributed by atoms with Gasteiger partial charge in [0.1, 0.15) is 5.71 Å². The number of carbonyl (C=O) groups excluding carboxylic acids is 2. The molecule has 1 aliphatic heterocycles. The normalized spacial score (nSPS) is 15.2. The number of hydrogen-bond donors (Lipinski definition) is 2. The van der Waals surface area contributed by atoms with Gasteiger partial charge in [-0.15, -0.1) is 0 Å². The lowest BCUT2D eigenvalue weighted by Gasteiger charge is -2.03. The van der Waals surface area contributed by atoms with Crippen LogP contribution in [0.1, 0.15) is 39.8 Å². The third kappa shape index (κ3) is 3.08. The molecule has 128 valence electrons. The highest BCUT2D eigenvalue weighted by Gasteiger charge is 2.26. The predicted octanol–water partition coefficient (Wildman–Crippen LogP) is 2.12. The molecular formula is C18H18N4O3. The summed E-state index contributed by atoms with van der Waals surface area (Å²) in [6.07, 6.45) is 4.99. The van der Waals surface area contributed by atoms with E-state index in [1.54, 1.807) is 38.4 Å². The number of H-pyrrole nitrogens is 1. The predicted molar refractivity (Wildman–Crippen MR) is 93.1 cm³/mol. The highest BCUT2D eigenvalue weighted by atomic mass is 16.5. The summed E-state index contributed by atoms with van der Waals surface area (Å²) in [5.74, 6) is -0.682. The van der Waals surface area contributed by atoms with Crippen LogP contribution >= 0.6 is 0 Å². The molecule has 1 aliphatic rings. The molecule has 3 rings (SSSR count). The van der Waals surface area contributed by atoms with E-state index in [1.165, 1.54) is 0 Å². The molecule has 7 heteroatoms. The number of hydrazone groups is 1. The van der Waals surface area contributed by atoms with Gasteiger partial charge in [0.25, 0.3) is 5.91 Å². The van der Waals surface area contributed by atoms with Gasteiger partial charge in [0.05, 0.1) is 17.7 Å². The average Bonchev–Trinajstić information content (AvgIpc) is 3.09. The molecule has 0 radical (unpaired) electrons. The molecule has 0 unspecified atom stereocenters. The Balaban J connectivity index is 2.02. The average molecular weight is 338 g/mol. The second kappa shape index (κ2) is 6.72.